The lowest BCUT2D eigenvalue weighted by molar-refractivity contribution is -0.153. The highest BCUT2D eigenvalue weighted by molar-refractivity contribution is 5.76. The van der Waals surface area contributed by atoms with Crippen molar-refractivity contribution in [2.24, 2.45) is 0 Å². The van der Waals surface area contributed by atoms with E-state index in [1.165, 1.54) is 7.11 Å². The Bertz CT molecular complexity index is 318. The van der Waals surface area contributed by atoms with Crippen LogP contribution in [0.1, 0.15) is 26.7 Å². The molecule has 1 aliphatic heterocycles. The van der Waals surface area contributed by atoms with Gasteiger partial charge < -0.3 is 14.4 Å². The first-order valence-electron chi connectivity index (χ1n) is 7.31. The monoisotopic (exact) mass is 286 g/mol. The van der Waals surface area contributed by atoms with Crippen LogP contribution in [-0.4, -0.2) is 74.2 Å². The fourth-order valence-corrected chi connectivity index (χ4v) is 2.43. The number of rotatable bonds is 7. The van der Waals surface area contributed by atoms with Crippen molar-refractivity contribution in [1.82, 2.24) is 9.80 Å². The summed E-state index contributed by atoms with van der Waals surface area (Å²) in [7, 11) is 1.39. The minimum absolute atomic E-state index is 0.179. The predicted molar refractivity (Wildman–Crippen MR) is 75.4 cm³/mol. The van der Waals surface area contributed by atoms with Crippen LogP contribution in [0, 0.1) is 0 Å². The third-order valence-corrected chi connectivity index (χ3v) is 3.66. The van der Waals surface area contributed by atoms with Gasteiger partial charge in [0.15, 0.2) is 0 Å². The van der Waals surface area contributed by atoms with Gasteiger partial charge in [0, 0.05) is 26.1 Å². The van der Waals surface area contributed by atoms with Gasteiger partial charge in [-0.3, -0.25) is 14.5 Å². The molecule has 0 saturated carbocycles. The van der Waals surface area contributed by atoms with Gasteiger partial charge in [0.2, 0.25) is 5.91 Å². The van der Waals surface area contributed by atoms with Crippen molar-refractivity contribution in [3.05, 3.63) is 0 Å². The Labute approximate surface area is 121 Å². The second kappa shape index (κ2) is 8.92. The lowest BCUT2D eigenvalue weighted by Crippen LogP contribution is -2.50. The van der Waals surface area contributed by atoms with Crippen LogP contribution < -0.4 is 0 Å². The van der Waals surface area contributed by atoms with E-state index in [1.807, 2.05) is 23.6 Å². The number of hydrogen-bond donors (Lipinski definition) is 0. The van der Waals surface area contributed by atoms with Crippen LogP contribution in [-0.2, 0) is 19.1 Å². The van der Waals surface area contributed by atoms with E-state index in [9.17, 15) is 9.59 Å². The maximum absolute atomic E-state index is 11.9. The summed E-state index contributed by atoms with van der Waals surface area (Å²) in [6.45, 7) is 7.88. The number of ether oxygens (including phenoxy) is 2. The number of carbonyl (C=O) groups is 2. The summed E-state index contributed by atoms with van der Waals surface area (Å²) in [5, 5.41) is 0. The molecule has 6 nitrogen and oxygen atoms in total. The molecule has 1 amide bonds. The molecule has 0 aromatic heterocycles. The van der Waals surface area contributed by atoms with Gasteiger partial charge in [0.1, 0.15) is 6.04 Å². The fourth-order valence-electron chi connectivity index (χ4n) is 2.43. The molecule has 0 aromatic carbocycles. The molecule has 1 saturated heterocycles. The molecule has 1 rings (SSSR count). The molecule has 1 aliphatic rings. The Balaban J connectivity index is 2.38. The first-order chi connectivity index (χ1) is 9.63. The van der Waals surface area contributed by atoms with Crippen molar-refractivity contribution < 1.29 is 19.1 Å². The van der Waals surface area contributed by atoms with Gasteiger partial charge in [-0.25, -0.2) is 0 Å². The number of morpholine rings is 1. The summed E-state index contributed by atoms with van der Waals surface area (Å²) in [5.74, 6) is -0.0855. The smallest absolute Gasteiger partial charge is 0.325 e. The third kappa shape index (κ3) is 4.76. The number of methoxy groups -OCH3 is 1. The molecule has 1 atom stereocenters. The highest BCUT2D eigenvalue weighted by Gasteiger charge is 2.29. The van der Waals surface area contributed by atoms with Crippen molar-refractivity contribution >= 4 is 11.9 Å². The Morgan fingerprint density at radius 3 is 2.65 bits per heavy atom. The summed E-state index contributed by atoms with van der Waals surface area (Å²) >= 11 is 0. The molecular weight excluding hydrogens is 260 g/mol. The average molecular weight is 286 g/mol. The fraction of sp³-hybridized carbons (Fsp3) is 0.857. The highest BCUT2D eigenvalue weighted by atomic mass is 16.5. The summed E-state index contributed by atoms with van der Waals surface area (Å²) < 4.78 is 10.1. The molecule has 6 heteroatoms. The van der Waals surface area contributed by atoms with Crippen LogP contribution in [0.3, 0.4) is 0 Å². The lowest BCUT2D eigenvalue weighted by Gasteiger charge is -2.33. The second-order valence-electron chi connectivity index (χ2n) is 4.82. The molecule has 1 unspecified atom stereocenters. The van der Waals surface area contributed by atoms with Crippen molar-refractivity contribution in [2.75, 3.05) is 46.5 Å². The minimum Gasteiger partial charge on any atom is -0.468 e. The number of carbonyl (C=O) groups excluding carboxylic acids is 2. The number of nitrogens with zero attached hydrogens (tertiary/aromatic N) is 2. The Hall–Kier alpha value is -1.14. The topological polar surface area (TPSA) is 59.1 Å². The molecule has 116 valence electrons. The molecule has 0 spiro atoms. The second-order valence-corrected chi connectivity index (χ2v) is 4.82. The largest absolute Gasteiger partial charge is 0.468 e. The number of amides is 1. The number of hydrogen-bond acceptors (Lipinski definition) is 5. The summed E-state index contributed by atoms with van der Waals surface area (Å²) in [6.07, 6.45) is 1.27. The van der Waals surface area contributed by atoms with Crippen LogP contribution in [0.25, 0.3) is 0 Å². The van der Waals surface area contributed by atoms with E-state index in [0.29, 0.717) is 26.2 Å². The Morgan fingerprint density at radius 1 is 1.35 bits per heavy atom. The normalized spacial score (nSPS) is 19.6. The standard InChI is InChI=1S/C14H26N2O4/c1-4-15(5-2)13(17)7-6-8-16-9-10-20-11-12(16)14(18)19-3/h12H,4-11H2,1-3H3. The third-order valence-electron chi connectivity index (χ3n) is 3.66. The zero-order chi connectivity index (χ0) is 15.0. The van der Waals surface area contributed by atoms with E-state index >= 15 is 0 Å². The van der Waals surface area contributed by atoms with Crippen molar-refractivity contribution in [2.45, 2.75) is 32.7 Å². The lowest BCUT2D eigenvalue weighted by atomic mass is 10.2. The SMILES string of the molecule is CCN(CC)C(=O)CCCN1CCOCC1C(=O)OC. The van der Waals surface area contributed by atoms with E-state index < -0.39 is 0 Å². The van der Waals surface area contributed by atoms with E-state index in [-0.39, 0.29) is 17.9 Å². The molecule has 0 aliphatic carbocycles. The van der Waals surface area contributed by atoms with Crippen molar-refractivity contribution in [1.29, 1.82) is 0 Å². The first kappa shape index (κ1) is 16.9. The van der Waals surface area contributed by atoms with Crippen molar-refractivity contribution in [3.63, 3.8) is 0 Å². The van der Waals surface area contributed by atoms with Crippen LogP contribution in [0.5, 0.6) is 0 Å². The maximum atomic E-state index is 11.9. The summed E-state index contributed by atoms with van der Waals surface area (Å²) in [6, 6.07) is -0.336. The van der Waals surface area contributed by atoms with E-state index in [1.54, 1.807) is 0 Å². The van der Waals surface area contributed by atoms with Crippen LogP contribution in [0.4, 0.5) is 0 Å². The van der Waals surface area contributed by atoms with Gasteiger partial charge in [-0.15, -0.1) is 0 Å². The van der Waals surface area contributed by atoms with Crippen LogP contribution in [0.2, 0.25) is 0 Å². The van der Waals surface area contributed by atoms with Gasteiger partial charge in [-0.05, 0) is 26.8 Å². The molecular formula is C14H26N2O4. The first-order valence-corrected chi connectivity index (χ1v) is 7.31. The molecule has 1 heterocycles. The van der Waals surface area contributed by atoms with Crippen LogP contribution >= 0.6 is 0 Å². The zero-order valence-electron chi connectivity index (χ0n) is 12.8. The minimum atomic E-state index is -0.336. The van der Waals surface area contributed by atoms with Gasteiger partial charge in [0.05, 0.1) is 20.3 Å². The molecule has 0 N–H and O–H groups in total. The van der Waals surface area contributed by atoms with Gasteiger partial charge >= 0.3 is 5.97 Å². The van der Waals surface area contributed by atoms with Crippen LogP contribution in [0.15, 0.2) is 0 Å². The van der Waals surface area contributed by atoms with E-state index in [0.717, 1.165) is 26.1 Å². The van der Waals surface area contributed by atoms with Gasteiger partial charge in [-0.2, -0.15) is 0 Å². The van der Waals surface area contributed by atoms with Gasteiger partial charge in [-0.1, -0.05) is 0 Å². The maximum Gasteiger partial charge on any atom is 0.325 e. The molecule has 1 fully saturated rings. The number of esters is 1. The predicted octanol–water partition coefficient (Wildman–Crippen LogP) is 0.509. The summed E-state index contributed by atoms with van der Waals surface area (Å²) in [5.41, 5.74) is 0. The highest BCUT2D eigenvalue weighted by Crippen LogP contribution is 2.10. The molecule has 20 heavy (non-hydrogen) atoms. The molecule has 0 bridgehead atoms. The Morgan fingerprint density at radius 2 is 2.05 bits per heavy atom. The van der Waals surface area contributed by atoms with Gasteiger partial charge in [0.25, 0.3) is 0 Å². The van der Waals surface area contributed by atoms with E-state index in [4.69, 9.17) is 9.47 Å². The average Bonchev–Trinajstić information content (AvgIpc) is 2.48. The van der Waals surface area contributed by atoms with Crippen molar-refractivity contribution in [3.8, 4) is 0 Å². The molecule has 0 radical (unpaired) electrons. The Kier molecular flexibility index (Phi) is 7.54. The zero-order valence-corrected chi connectivity index (χ0v) is 12.8. The summed E-state index contributed by atoms with van der Waals surface area (Å²) in [4.78, 5) is 27.4. The molecule has 0 aromatic rings. The quantitative estimate of drug-likeness (QED) is 0.638. The van der Waals surface area contributed by atoms with E-state index in [2.05, 4.69) is 0 Å².